The molecule has 1 heterocycles. The summed E-state index contributed by atoms with van der Waals surface area (Å²) in [6.07, 6.45) is 1.28. The molecule has 1 aromatic heterocycles. The molecule has 0 spiro atoms. The van der Waals surface area contributed by atoms with Crippen LogP contribution in [-0.2, 0) is 22.7 Å². The largest absolute Gasteiger partial charge is 0.380 e. The average Bonchev–Trinajstić information content (AvgIpc) is 2.58. The Balaban J connectivity index is 1.79. The lowest BCUT2D eigenvalue weighted by atomic mass is 10.2. The molecule has 0 atom stereocenters. The Morgan fingerprint density at radius 1 is 1.28 bits per heavy atom. The van der Waals surface area contributed by atoms with Gasteiger partial charge in [-0.1, -0.05) is 12.1 Å². The zero-order chi connectivity index (χ0) is 17.8. The van der Waals surface area contributed by atoms with Crippen LogP contribution in [-0.4, -0.2) is 22.6 Å². The summed E-state index contributed by atoms with van der Waals surface area (Å²) in [5, 5.41) is 2.86. The van der Waals surface area contributed by atoms with Gasteiger partial charge in [0.15, 0.2) is 0 Å². The summed E-state index contributed by atoms with van der Waals surface area (Å²) in [5.41, 5.74) is 1.44. The molecule has 3 rings (SSSR count). The smallest absolute Gasteiger partial charge is 0.261 e. The number of anilines is 1. The fourth-order valence-electron chi connectivity index (χ4n) is 2.50. The van der Waals surface area contributed by atoms with Gasteiger partial charge in [-0.05, 0) is 35.9 Å². The van der Waals surface area contributed by atoms with Crippen molar-refractivity contribution in [1.82, 2.24) is 9.55 Å². The number of rotatable bonds is 5. The molecular weight excluding hydrogens is 325 g/mol. The van der Waals surface area contributed by atoms with Crippen LogP contribution >= 0.6 is 0 Å². The number of benzene rings is 2. The van der Waals surface area contributed by atoms with E-state index in [0.29, 0.717) is 17.8 Å². The van der Waals surface area contributed by atoms with Crippen molar-refractivity contribution >= 4 is 22.5 Å². The minimum absolute atomic E-state index is 0.136. The minimum Gasteiger partial charge on any atom is -0.380 e. The fourth-order valence-corrected chi connectivity index (χ4v) is 2.50. The van der Waals surface area contributed by atoms with Crippen molar-refractivity contribution in [2.45, 2.75) is 13.2 Å². The van der Waals surface area contributed by atoms with Gasteiger partial charge >= 0.3 is 0 Å². The summed E-state index contributed by atoms with van der Waals surface area (Å²) in [6.45, 7) is 0.218. The molecule has 0 fully saturated rings. The summed E-state index contributed by atoms with van der Waals surface area (Å²) >= 11 is 0. The number of carbonyl (C=O) groups is 1. The van der Waals surface area contributed by atoms with Crippen molar-refractivity contribution in [3.63, 3.8) is 0 Å². The topological polar surface area (TPSA) is 73.2 Å². The predicted octanol–water partition coefficient (Wildman–Crippen LogP) is 2.32. The van der Waals surface area contributed by atoms with Crippen LogP contribution in [0.2, 0.25) is 0 Å². The summed E-state index contributed by atoms with van der Waals surface area (Å²) in [6, 6.07) is 11.0. The van der Waals surface area contributed by atoms with E-state index in [9.17, 15) is 14.0 Å². The van der Waals surface area contributed by atoms with Crippen molar-refractivity contribution in [3.05, 3.63) is 70.5 Å². The highest BCUT2D eigenvalue weighted by molar-refractivity contribution is 5.90. The lowest BCUT2D eigenvalue weighted by molar-refractivity contribution is -0.116. The summed E-state index contributed by atoms with van der Waals surface area (Å²) in [4.78, 5) is 28.7. The van der Waals surface area contributed by atoms with Crippen LogP contribution in [0.25, 0.3) is 10.9 Å². The molecular formula is C18H16FN3O3. The lowest BCUT2D eigenvalue weighted by Crippen LogP contribution is -2.28. The number of methoxy groups -OCH3 is 1. The monoisotopic (exact) mass is 341 g/mol. The van der Waals surface area contributed by atoms with Crippen LogP contribution in [0.3, 0.4) is 0 Å². The van der Waals surface area contributed by atoms with Crippen molar-refractivity contribution in [2.24, 2.45) is 0 Å². The van der Waals surface area contributed by atoms with E-state index in [2.05, 4.69) is 10.3 Å². The maximum absolute atomic E-state index is 13.3. The molecule has 2 aromatic carbocycles. The molecule has 0 radical (unpaired) electrons. The first-order valence-corrected chi connectivity index (χ1v) is 7.59. The van der Waals surface area contributed by atoms with E-state index in [4.69, 9.17) is 4.74 Å². The van der Waals surface area contributed by atoms with Gasteiger partial charge in [-0.2, -0.15) is 0 Å². The summed E-state index contributed by atoms with van der Waals surface area (Å²) < 4.78 is 19.5. The average molecular weight is 341 g/mol. The first kappa shape index (κ1) is 16.8. The Hall–Kier alpha value is -3.06. The summed E-state index contributed by atoms with van der Waals surface area (Å²) in [5.74, 6) is -0.905. The van der Waals surface area contributed by atoms with E-state index in [0.717, 1.165) is 16.2 Å². The maximum atomic E-state index is 13.3. The van der Waals surface area contributed by atoms with E-state index < -0.39 is 11.4 Å². The highest BCUT2D eigenvalue weighted by Crippen LogP contribution is 2.12. The second kappa shape index (κ2) is 7.23. The van der Waals surface area contributed by atoms with E-state index in [1.54, 1.807) is 25.3 Å². The number of carbonyl (C=O) groups excluding carboxylic acids is 1. The van der Waals surface area contributed by atoms with Crippen LogP contribution in [0, 0.1) is 5.82 Å². The van der Waals surface area contributed by atoms with Gasteiger partial charge in [0.05, 0.1) is 23.8 Å². The molecule has 0 saturated carbocycles. The van der Waals surface area contributed by atoms with Crippen LogP contribution in [0.15, 0.2) is 53.6 Å². The Labute approximate surface area is 142 Å². The second-order valence-electron chi connectivity index (χ2n) is 5.52. The van der Waals surface area contributed by atoms with Crippen molar-refractivity contribution in [3.8, 4) is 0 Å². The van der Waals surface area contributed by atoms with Crippen molar-refractivity contribution in [2.75, 3.05) is 12.4 Å². The number of hydrogen-bond acceptors (Lipinski definition) is 4. The van der Waals surface area contributed by atoms with Gasteiger partial charge in [-0.25, -0.2) is 9.37 Å². The van der Waals surface area contributed by atoms with E-state index in [1.165, 1.54) is 18.5 Å². The SMILES string of the molecule is COCc1cccc(NC(=O)Cn2cnc3ccc(F)cc3c2=O)c1. The number of amides is 1. The third-order valence-electron chi connectivity index (χ3n) is 3.62. The molecule has 0 aliphatic heterocycles. The molecule has 25 heavy (non-hydrogen) atoms. The van der Waals surface area contributed by atoms with Gasteiger partial charge < -0.3 is 10.1 Å². The first-order chi connectivity index (χ1) is 12.1. The number of fused-ring (bicyclic) bond motifs is 1. The predicted molar refractivity (Wildman–Crippen MR) is 91.7 cm³/mol. The molecule has 1 amide bonds. The first-order valence-electron chi connectivity index (χ1n) is 7.59. The molecule has 1 N–H and O–H groups in total. The molecule has 0 saturated heterocycles. The Kier molecular flexibility index (Phi) is 4.85. The highest BCUT2D eigenvalue weighted by Gasteiger charge is 2.09. The highest BCUT2D eigenvalue weighted by atomic mass is 19.1. The minimum atomic E-state index is -0.524. The number of ether oxygens (including phenoxy) is 1. The van der Waals surface area contributed by atoms with Gasteiger partial charge in [0.25, 0.3) is 5.56 Å². The number of hydrogen-bond donors (Lipinski definition) is 1. The van der Waals surface area contributed by atoms with Crippen LogP contribution < -0.4 is 10.9 Å². The standard InChI is InChI=1S/C18H16FN3O3/c1-25-10-12-3-2-4-14(7-12)21-17(23)9-22-11-20-16-6-5-13(19)8-15(16)18(22)24/h2-8,11H,9-10H2,1H3,(H,21,23). The number of nitrogens with zero attached hydrogens (tertiary/aromatic N) is 2. The quantitative estimate of drug-likeness (QED) is 0.773. The lowest BCUT2D eigenvalue weighted by Gasteiger charge is -2.09. The summed E-state index contributed by atoms with van der Waals surface area (Å²) in [7, 11) is 1.59. The number of aromatic nitrogens is 2. The molecule has 3 aromatic rings. The Morgan fingerprint density at radius 3 is 2.92 bits per heavy atom. The van der Waals surface area contributed by atoms with Crippen molar-refractivity contribution in [1.29, 1.82) is 0 Å². The van der Waals surface area contributed by atoms with E-state index in [-0.39, 0.29) is 17.8 Å². The molecule has 6 nitrogen and oxygen atoms in total. The van der Waals surface area contributed by atoms with E-state index in [1.807, 2.05) is 6.07 Å². The van der Waals surface area contributed by atoms with E-state index >= 15 is 0 Å². The van der Waals surface area contributed by atoms with Gasteiger partial charge in [0, 0.05) is 12.8 Å². The fraction of sp³-hybridized carbons (Fsp3) is 0.167. The molecule has 0 bridgehead atoms. The molecule has 7 heteroatoms. The van der Waals surface area contributed by atoms with Gasteiger partial charge in [-0.3, -0.25) is 14.2 Å². The van der Waals surface area contributed by atoms with Gasteiger partial charge in [0.1, 0.15) is 12.4 Å². The Morgan fingerprint density at radius 2 is 2.12 bits per heavy atom. The third kappa shape index (κ3) is 3.89. The zero-order valence-electron chi connectivity index (χ0n) is 13.5. The Bertz CT molecular complexity index is 985. The molecule has 0 unspecified atom stereocenters. The van der Waals surface area contributed by atoms with Crippen molar-refractivity contribution < 1.29 is 13.9 Å². The second-order valence-corrected chi connectivity index (χ2v) is 5.52. The zero-order valence-corrected chi connectivity index (χ0v) is 13.5. The van der Waals surface area contributed by atoms with Gasteiger partial charge in [0.2, 0.25) is 5.91 Å². The molecule has 128 valence electrons. The maximum Gasteiger partial charge on any atom is 0.261 e. The normalized spacial score (nSPS) is 10.8. The van der Waals surface area contributed by atoms with Crippen LogP contribution in [0.5, 0.6) is 0 Å². The number of nitrogens with one attached hydrogen (secondary N) is 1. The molecule has 0 aliphatic carbocycles. The van der Waals surface area contributed by atoms with Gasteiger partial charge in [-0.15, -0.1) is 0 Å². The molecule has 0 aliphatic rings. The number of halogens is 1. The third-order valence-corrected chi connectivity index (χ3v) is 3.62. The van der Waals surface area contributed by atoms with Crippen LogP contribution in [0.4, 0.5) is 10.1 Å². The van der Waals surface area contributed by atoms with Crippen LogP contribution in [0.1, 0.15) is 5.56 Å².